The molecule has 2 nitrogen and oxygen atoms in total. The Bertz CT molecular complexity index is 434. The number of nitrogens with zero attached hydrogens (tertiary/aromatic N) is 1. The van der Waals surface area contributed by atoms with Gasteiger partial charge in [0.25, 0.3) is 0 Å². The molecular weight excluding hydrogens is 246 g/mol. The van der Waals surface area contributed by atoms with Gasteiger partial charge in [0.2, 0.25) is 0 Å². The predicted octanol–water partition coefficient (Wildman–Crippen LogP) is 4.52. The van der Waals surface area contributed by atoms with E-state index in [0.717, 1.165) is 23.4 Å². The van der Waals surface area contributed by atoms with Crippen LogP contribution >= 0.6 is 11.6 Å². The third-order valence-electron chi connectivity index (χ3n) is 3.99. The summed E-state index contributed by atoms with van der Waals surface area (Å²) in [6.45, 7) is 12.5. The predicted molar refractivity (Wildman–Crippen MR) is 77.7 cm³/mol. The highest BCUT2D eigenvalue weighted by Gasteiger charge is 2.23. The Kier molecular flexibility index (Phi) is 5.03. The molecule has 0 aliphatic carbocycles. The molecule has 0 fully saturated rings. The topological polar surface area (TPSA) is 22.0 Å². The quantitative estimate of drug-likeness (QED) is 0.569. The molecule has 1 aromatic rings. The number of Topliss-reactive ketones (excluding diaryl/α,β-unsaturated/α-hetero) is 1. The third kappa shape index (κ3) is 2.80. The molecule has 3 atom stereocenters. The van der Waals surface area contributed by atoms with Crippen LogP contribution < -0.4 is 0 Å². The molecule has 0 radical (unpaired) electrons. The van der Waals surface area contributed by atoms with Crippen LogP contribution in [0.25, 0.3) is 0 Å². The Labute approximate surface area is 115 Å². The molecule has 3 unspecified atom stereocenters. The van der Waals surface area contributed by atoms with E-state index in [2.05, 4.69) is 32.3 Å². The second-order valence-corrected chi connectivity index (χ2v) is 5.92. The fourth-order valence-electron chi connectivity index (χ4n) is 2.46. The Morgan fingerprint density at radius 2 is 1.89 bits per heavy atom. The van der Waals surface area contributed by atoms with Crippen molar-refractivity contribution in [3.05, 3.63) is 23.0 Å². The highest BCUT2D eigenvalue weighted by Crippen LogP contribution is 2.28. The molecule has 0 spiro atoms. The summed E-state index contributed by atoms with van der Waals surface area (Å²) in [6.07, 6.45) is 1.13. The normalized spacial score (nSPS) is 16.4. The van der Waals surface area contributed by atoms with E-state index in [1.165, 1.54) is 0 Å². The number of aromatic nitrogens is 1. The lowest BCUT2D eigenvalue weighted by Crippen LogP contribution is -2.17. The van der Waals surface area contributed by atoms with Gasteiger partial charge in [0.1, 0.15) is 0 Å². The van der Waals surface area contributed by atoms with Crippen LogP contribution in [0, 0.1) is 19.8 Å². The smallest absolute Gasteiger partial charge is 0.182 e. The molecule has 0 amide bonds. The number of rotatable bonds is 5. The first-order valence-electron chi connectivity index (χ1n) is 6.67. The summed E-state index contributed by atoms with van der Waals surface area (Å²) < 4.78 is 2.26. The molecule has 1 aromatic heterocycles. The van der Waals surface area contributed by atoms with E-state index in [1.54, 1.807) is 6.92 Å². The number of carbonyl (C=O) groups excluding carboxylic acids is 1. The lowest BCUT2D eigenvalue weighted by molar-refractivity contribution is 0.0991. The van der Waals surface area contributed by atoms with Crippen molar-refractivity contribution in [3.8, 4) is 0 Å². The molecule has 0 saturated heterocycles. The maximum Gasteiger partial charge on any atom is 0.182 e. The summed E-state index contributed by atoms with van der Waals surface area (Å²) in [5, 5.41) is -0.460. The number of carbonyl (C=O) groups is 1. The number of ketones is 1. The van der Waals surface area contributed by atoms with Crippen LogP contribution in [-0.4, -0.2) is 15.7 Å². The summed E-state index contributed by atoms with van der Waals surface area (Å²) in [6, 6.07) is 2.37. The Hall–Kier alpha value is -0.760. The molecule has 0 saturated carbocycles. The van der Waals surface area contributed by atoms with Crippen molar-refractivity contribution in [1.29, 1.82) is 0 Å². The number of hydrogen-bond donors (Lipinski definition) is 0. The van der Waals surface area contributed by atoms with Crippen LogP contribution in [0.5, 0.6) is 0 Å². The van der Waals surface area contributed by atoms with E-state index >= 15 is 0 Å². The number of halogens is 1. The first-order valence-corrected chi connectivity index (χ1v) is 7.11. The fourth-order valence-corrected chi connectivity index (χ4v) is 2.58. The van der Waals surface area contributed by atoms with Crippen LogP contribution in [0.2, 0.25) is 0 Å². The zero-order valence-electron chi connectivity index (χ0n) is 12.2. The summed E-state index contributed by atoms with van der Waals surface area (Å²) in [5.41, 5.74) is 2.95. The second-order valence-electron chi connectivity index (χ2n) is 5.26. The SMILES string of the molecule is CCC(C)C(C)n1c(C)cc(C(=O)C(C)Cl)c1C. The highest BCUT2D eigenvalue weighted by atomic mass is 35.5. The molecule has 1 heterocycles. The van der Waals surface area contributed by atoms with E-state index in [4.69, 9.17) is 11.6 Å². The molecule has 0 bridgehead atoms. The van der Waals surface area contributed by atoms with Gasteiger partial charge in [0, 0.05) is 23.0 Å². The van der Waals surface area contributed by atoms with Crippen molar-refractivity contribution in [2.24, 2.45) is 5.92 Å². The van der Waals surface area contributed by atoms with Crippen LogP contribution in [0.15, 0.2) is 6.07 Å². The fraction of sp³-hybridized carbons (Fsp3) is 0.667. The van der Waals surface area contributed by atoms with Crippen molar-refractivity contribution >= 4 is 17.4 Å². The van der Waals surface area contributed by atoms with Gasteiger partial charge in [0.15, 0.2) is 5.78 Å². The molecule has 0 aromatic carbocycles. The highest BCUT2D eigenvalue weighted by molar-refractivity contribution is 6.33. The van der Waals surface area contributed by atoms with Gasteiger partial charge in [-0.25, -0.2) is 0 Å². The van der Waals surface area contributed by atoms with Gasteiger partial charge >= 0.3 is 0 Å². The van der Waals surface area contributed by atoms with Crippen LogP contribution in [-0.2, 0) is 0 Å². The average molecular weight is 270 g/mol. The van der Waals surface area contributed by atoms with Crippen molar-refractivity contribution in [2.45, 2.75) is 59.4 Å². The summed E-state index contributed by atoms with van der Waals surface area (Å²) in [5.74, 6) is 0.610. The van der Waals surface area contributed by atoms with Crippen LogP contribution in [0.4, 0.5) is 0 Å². The van der Waals surface area contributed by atoms with Crippen LogP contribution in [0.1, 0.15) is 61.9 Å². The monoisotopic (exact) mass is 269 g/mol. The lowest BCUT2D eigenvalue weighted by atomic mass is 10.00. The van der Waals surface area contributed by atoms with Gasteiger partial charge in [-0.2, -0.15) is 0 Å². The first kappa shape index (κ1) is 15.3. The number of alkyl halides is 1. The van der Waals surface area contributed by atoms with Gasteiger partial charge in [-0.1, -0.05) is 20.3 Å². The minimum atomic E-state index is -0.460. The average Bonchev–Trinajstić information content (AvgIpc) is 2.61. The maximum atomic E-state index is 12.0. The lowest BCUT2D eigenvalue weighted by Gasteiger charge is -2.24. The van der Waals surface area contributed by atoms with Crippen molar-refractivity contribution in [2.75, 3.05) is 0 Å². The minimum Gasteiger partial charge on any atom is -0.345 e. The Morgan fingerprint density at radius 3 is 2.33 bits per heavy atom. The summed E-state index contributed by atoms with van der Waals surface area (Å²) in [7, 11) is 0. The van der Waals surface area contributed by atoms with Crippen molar-refractivity contribution in [3.63, 3.8) is 0 Å². The van der Waals surface area contributed by atoms with Gasteiger partial charge in [0.05, 0.1) is 5.38 Å². The zero-order chi connectivity index (χ0) is 14.0. The minimum absolute atomic E-state index is 0.0207. The van der Waals surface area contributed by atoms with Gasteiger partial charge in [-0.3, -0.25) is 4.79 Å². The molecule has 3 heteroatoms. The van der Waals surface area contributed by atoms with Crippen molar-refractivity contribution in [1.82, 2.24) is 4.57 Å². The molecule has 0 aliphatic rings. The Balaban J connectivity index is 3.20. The Morgan fingerprint density at radius 1 is 1.33 bits per heavy atom. The van der Waals surface area contributed by atoms with Crippen LogP contribution in [0.3, 0.4) is 0 Å². The maximum absolute atomic E-state index is 12.0. The first-order chi connectivity index (χ1) is 8.31. The molecular formula is C15H24ClNO. The van der Waals surface area contributed by atoms with E-state index in [0.29, 0.717) is 12.0 Å². The van der Waals surface area contributed by atoms with E-state index in [9.17, 15) is 4.79 Å². The van der Waals surface area contributed by atoms with Crippen molar-refractivity contribution < 1.29 is 4.79 Å². The molecule has 0 N–H and O–H groups in total. The van der Waals surface area contributed by atoms with Gasteiger partial charge in [-0.05, 0) is 39.7 Å². The second kappa shape index (κ2) is 5.92. The van der Waals surface area contributed by atoms with Gasteiger partial charge < -0.3 is 4.57 Å². The molecule has 0 aliphatic heterocycles. The summed E-state index contributed by atoms with van der Waals surface area (Å²) >= 11 is 5.91. The third-order valence-corrected chi connectivity index (χ3v) is 4.18. The molecule has 18 heavy (non-hydrogen) atoms. The van der Waals surface area contributed by atoms with Gasteiger partial charge in [-0.15, -0.1) is 11.6 Å². The van der Waals surface area contributed by atoms with E-state index in [-0.39, 0.29) is 5.78 Å². The number of aryl methyl sites for hydroxylation is 1. The van der Waals surface area contributed by atoms with E-state index < -0.39 is 5.38 Å². The standard InChI is InChI=1S/C15H24ClNO/c1-7-9(2)12(5)17-10(3)8-14(13(17)6)15(18)11(4)16/h8-9,11-12H,7H2,1-6H3. The summed E-state index contributed by atoms with van der Waals surface area (Å²) in [4.78, 5) is 12.0. The molecule has 1 rings (SSSR count). The number of hydrogen-bond acceptors (Lipinski definition) is 1. The molecule has 102 valence electrons. The zero-order valence-corrected chi connectivity index (χ0v) is 13.0. The largest absolute Gasteiger partial charge is 0.345 e. The van der Waals surface area contributed by atoms with E-state index in [1.807, 2.05) is 13.0 Å².